The van der Waals surface area contributed by atoms with Gasteiger partial charge in [0.25, 0.3) is 5.91 Å². The summed E-state index contributed by atoms with van der Waals surface area (Å²) in [6.45, 7) is 0.767. The van der Waals surface area contributed by atoms with E-state index in [9.17, 15) is 18.8 Å². The third-order valence-electron chi connectivity index (χ3n) is 5.93. The summed E-state index contributed by atoms with van der Waals surface area (Å²) in [6.07, 6.45) is 1.25. The van der Waals surface area contributed by atoms with Gasteiger partial charge in [-0.1, -0.05) is 36.4 Å². The number of carbonyl (C=O) groups excluding carboxylic acids is 2. The van der Waals surface area contributed by atoms with E-state index in [1.165, 1.54) is 23.2 Å². The minimum Gasteiger partial charge on any atom is -0.327 e. The second kappa shape index (κ2) is 8.90. The van der Waals surface area contributed by atoms with Crippen LogP contribution in [0.25, 0.3) is 10.9 Å². The number of para-hydroxylation sites is 2. The molecule has 0 unspecified atom stereocenters. The fourth-order valence-corrected chi connectivity index (χ4v) is 4.19. The van der Waals surface area contributed by atoms with Crippen LogP contribution in [0.4, 0.5) is 10.1 Å². The molecule has 1 aliphatic rings. The first-order valence-electron chi connectivity index (χ1n) is 10.9. The molecule has 1 aromatic heterocycles. The molecule has 8 heteroatoms. The van der Waals surface area contributed by atoms with Crippen molar-refractivity contribution in [3.05, 3.63) is 106 Å². The van der Waals surface area contributed by atoms with Crippen LogP contribution >= 0.6 is 0 Å². The maximum absolute atomic E-state index is 14.7. The minimum atomic E-state index is -0.649. The lowest BCUT2D eigenvalue weighted by atomic mass is 10.1. The average molecular weight is 456 g/mol. The topological polar surface area (TPSA) is 75.5 Å². The Bertz CT molecular complexity index is 1450. The lowest BCUT2D eigenvalue weighted by molar-refractivity contribution is -0.120. The molecule has 0 aliphatic carbocycles. The van der Waals surface area contributed by atoms with E-state index < -0.39 is 11.7 Å². The Morgan fingerprint density at radius 3 is 2.50 bits per heavy atom. The molecule has 1 aliphatic heterocycles. The molecule has 0 saturated carbocycles. The highest BCUT2D eigenvalue weighted by Crippen LogP contribution is 2.20. The summed E-state index contributed by atoms with van der Waals surface area (Å²) in [6, 6.07) is 20.7. The van der Waals surface area contributed by atoms with Crippen LogP contribution in [-0.4, -0.2) is 46.1 Å². The van der Waals surface area contributed by atoms with Crippen molar-refractivity contribution in [1.82, 2.24) is 14.7 Å². The van der Waals surface area contributed by atoms with Gasteiger partial charge in [-0.2, -0.15) is 5.10 Å². The molecule has 4 aromatic rings. The molecule has 3 aromatic carbocycles. The number of carbonyl (C=O) groups is 2. The molecule has 2 amide bonds. The molecule has 1 fully saturated rings. The van der Waals surface area contributed by atoms with E-state index in [0.29, 0.717) is 29.6 Å². The zero-order valence-electron chi connectivity index (χ0n) is 18.2. The van der Waals surface area contributed by atoms with E-state index in [-0.39, 0.29) is 30.0 Å². The number of hydrogen-bond acceptors (Lipinski definition) is 4. The van der Waals surface area contributed by atoms with Crippen LogP contribution in [0.1, 0.15) is 15.9 Å². The molecule has 0 radical (unpaired) electrons. The van der Waals surface area contributed by atoms with E-state index in [1.807, 2.05) is 36.4 Å². The van der Waals surface area contributed by atoms with Gasteiger partial charge in [-0.05, 0) is 42.0 Å². The zero-order valence-corrected chi connectivity index (χ0v) is 18.2. The molecular weight excluding hydrogens is 435 g/mol. The smallest absolute Gasteiger partial charge is 0.257 e. The highest BCUT2D eigenvalue weighted by Gasteiger charge is 2.29. The van der Waals surface area contributed by atoms with Crippen molar-refractivity contribution >= 4 is 28.4 Å². The number of hydrogen-bond donors (Lipinski definition) is 0. The van der Waals surface area contributed by atoms with Crippen LogP contribution in [-0.2, 0) is 11.3 Å². The standard InChI is InChI=1S/C26H21FN4O3/c27-22-11-10-18(16-31-23-9-5-4-8-20(23)24(32)15-28-31)14-21(22)26(34)29-12-13-30(25(33)17-29)19-6-2-1-3-7-19/h1-11,14-15H,12-13,16-17H2. The monoisotopic (exact) mass is 456 g/mol. The van der Waals surface area contributed by atoms with Crippen LogP contribution < -0.4 is 10.3 Å². The first-order valence-corrected chi connectivity index (χ1v) is 10.9. The van der Waals surface area contributed by atoms with Crippen molar-refractivity contribution in [3.63, 3.8) is 0 Å². The predicted molar refractivity (Wildman–Crippen MR) is 126 cm³/mol. The summed E-state index contributed by atoms with van der Waals surface area (Å²) in [4.78, 5) is 40.9. The fourth-order valence-electron chi connectivity index (χ4n) is 4.19. The Balaban J connectivity index is 1.37. The van der Waals surface area contributed by atoms with Crippen LogP contribution in [0, 0.1) is 5.82 Å². The largest absolute Gasteiger partial charge is 0.327 e. The number of halogens is 1. The molecule has 0 N–H and O–H groups in total. The van der Waals surface area contributed by atoms with Gasteiger partial charge >= 0.3 is 0 Å². The maximum atomic E-state index is 14.7. The van der Waals surface area contributed by atoms with Gasteiger partial charge in [-0.25, -0.2) is 4.39 Å². The number of benzene rings is 3. The molecule has 5 rings (SSSR count). The summed E-state index contributed by atoms with van der Waals surface area (Å²) < 4.78 is 16.3. The molecule has 0 bridgehead atoms. The molecular formula is C26H21FN4O3. The second-order valence-electron chi connectivity index (χ2n) is 8.11. The van der Waals surface area contributed by atoms with Gasteiger partial charge in [0, 0.05) is 24.2 Å². The normalized spacial score (nSPS) is 14.0. The Morgan fingerprint density at radius 2 is 1.71 bits per heavy atom. The van der Waals surface area contributed by atoms with Gasteiger partial charge in [-0.3, -0.25) is 19.1 Å². The average Bonchev–Trinajstić information content (AvgIpc) is 2.87. The van der Waals surface area contributed by atoms with Gasteiger partial charge in [0.1, 0.15) is 12.4 Å². The van der Waals surface area contributed by atoms with Crippen LogP contribution in [0.15, 0.2) is 83.8 Å². The number of rotatable bonds is 4. The molecule has 0 atom stereocenters. The lowest BCUT2D eigenvalue weighted by Gasteiger charge is -2.34. The molecule has 0 spiro atoms. The third-order valence-corrected chi connectivity index (χ3v) is 5.93. The van der Waals surface area contributed by atoms with Crippen molar-refractivity contribution < 1.29 is 14.0 Å². The van der Waals surface area contributed by atoms with Crippen molar-refractivity contribution in [1.29, 1.82) is 0 Å². The molecule has 1 saturated heterocycles. The number of amides is 2. The lowest BCUT2D eigenvalue weighted by Crippen LogP contribution is -2.52. The Kier molecular flexibility index (Phi) is 5.63. The van der Waals surface area contributed by atoms with Crippen LogP contribution in [0.2, 0.25) is 0 Å². The quantitative estimate of drug-likeness (QED) is 0.473. The maximum Gasteiger partial charge on any atom is 0.257 e. The summed E-state index contributed by atoms with van der Waals surface area (Å²) in [7, 11) is 0. The van der Waals surface area contributed by atoms with Gasteiger partial charge < -0.3 is 9.80 Å². The van der Waals surface area contributed by atoms with E-state index in [1.54, 1.807) is 33.8 Å². The van der Waals surface area contributed by atoms with Gasteiger partial charge in [-0.15, -0.1) is 0 Å². The number of anilines is 1. The minimum absolute atomic E-state index is 0.0937. The summed E-state index contributed by atoms with van der Waals surface area (Å²) in [5.74, 6) is -1.39. The number of fused-ring (bicyclic) bond motifs is 1. The summed E-state index contributed by atoms with van der Waals surface area (Å²) in [5.41, 5.74) is 1.80. The van der Waals surface area contributed by atoms with Crippen molar-refractivity contribution in [2.75, 3.05) is 24.5 Å². The number of aromatic nitrogens is 2. The molecule has 170 valence electrons. The van der Waals surface area contributed by atoms with Crippen LogP contribution in [0.5, 0.6) is 0 Å². The van der Waals surface area contributed by atoms with Crippen molar-refractivity contribution in [2.24, 2.45) is 0 Å². The Labute approximate surface area is 194 Å². The summed E-state index contributed by atoms with van der Waals surface area (Å²) in [5, 5.41) is 4.73. The van der Waals surface area contributed by atoms with Crippen molar-refractivity contribution in [2.45, 2.75) is 6.54 Å². The summed E-state index contributed by atoms with van der Waals surface area (Å²) >= 11 is 0. The van der Waals surface area contributed by atoms with Gasteiger partial charge in [0.15, 0.2) is 0 Å². The fraction of sp³-hybridized carbons (Fsp3) is 0.154. The SMILES string of the molecule is O=C(c1cc(Cn2ncc(=O)c3ccccc32)ccc1F)N1CCN(c2ccccc2)C(=O)C1. The molecule has 2 heterocycles. The zero-order chi connectivity index (χ0) is 23.7. The predicted octanol–water partition coefficient (Wildman–Crippen LogP) is 3.07. The van der Waals surface area contributed by atoms with Crippen LogP contribution in [0.3, 0.4) is 0 Å². The van der Waals surface area contributed by atoms with E-state index >= 15 is 0 Å². The third kappa shape index (κ3) is 4.05. The number of nitrogens with zero attached hydrogens (tertiary/aromatic N) is 4. The van der Waals surface area contributed by atoms with Crippen molar-refractivity contribution in [3.8, 4) is 0 Å². The van der Waals surface area contributed by atoms with E-state index in [0.717, 1.165) is 5.69 Å². The first-order chi connectivity index (χ1) is 16.5. The second-order valence-corrected chi connectivity index (χ2v) is 8.11. The number of piperazine rings is 1. The van der Waals surface area contributed by atoms with Gasteiger partial charge in [0.2, 0.25) is 11.3 Å². The first kappa shape index (κ1) is 21.5. The molecule has 34 heavy (non-hydrogen) atoms. The molecule has 7 nitrogen and oxygen atoms in total. The van der Waals surface area contributed by atoms with Gasteiger partial charge in [0.05, 0.1) is 23.8 Å². The Morgan fingerprint density at radius 1 is 0.941 bits per heavy atom. The van der Waals surface area contributed by atoms with E-state index in [2.05, 4.69) is 5.10 Å². The van der Waals surface area contributed by atoms with E-state index in [4.69, 9.17) is 0 Å². The highest BCUT2D eigenvalue weighted by atomic mass is 19.1. The highest BCUT2D eigenvalue weighted by molar-refractivity contribution is 6.01. The Hall–Kier alpha value is -4.33.